The molecular weight excluding hydrogens is 194 g/mol. The minimum Gasteiger partial charge on any atom is -0.316 e. The SMILES string of the molecule is Cc1cc(Cl)cc([C@H]2CCCNC2)c1. The molecule has 0 aromatic heterocycles. The molecule has 1 aromatic rings. The van der Waals surface area contributed by atoms with E-state index in [-0.39, 0.29) is 0 Å². The highest BCUT2D eigenvalue weighted by atomic mass is 35.5. The third-order valence-electron chi connectivity index (χ3n) is 2.83. The van der Waals surface area contributed by atoms with Crippen LogP contribution in [0, 0.1) is 6.92 Å². The number of hydrogen-bond acceptors (Lipinski definition) is 1. The first-order valence-electron chi connectivity index (χ1n) is 5.23. The fourth-order valence-electron chi connectivity index (χ4n) is 2.14. The maximum absolute atomic E-state index is 6.05. The quantitative estimate of drug-likeness (QED) is 0.750. The Morgan fingerprint density at radius 1 is 1.36 bits per heavy atom. The van der Waals surface area contributed by atoms with E-state index in [0.717, 1.165) is 18.1 Å². The van der Waals surface area contributed by atoms with Gasteiger partial charge in [-0.25, -0.2) is 0 Å². The van der Waals surface area contributed by atoms with Crippen LogP contribution in [0.15, 0.2) is 18.2 Å². The summed E-state index contributed by atoms with van der Waals surface area (Å²) >= 11 is 6.05. The molecule has 1 aliphatic rings. The highest BCUT2D eigenvalue weighted by Gasteiger charge is 2.15. The van der Waals surface area contributed by atoms with Gasteiger partial charge in [-0.3, -0.25) is 0 Å². The maximum atomic E-state index is 6.05. The van der Waals surface area contributed by atoms with Gasteiger partial charge in [-0.2, -0.15) is 0 Å². The second-order valence-electron chi connectivity index (χ2n) is 4.11. The summed E-state index contributed by atoms with van der Waals surface area (Å²) in [6.07, 6.45) is 2.56. The van der Waals surface area contributed by atoms with Crippen molar-refractivity contribution in [3.05, 3.63) is 34.3 Å². The lowest BCUT2D eigenvalue weighted by atomic mass is 9.91. The molecule has 76 valence electrons. The zero-order valence-electron chi connectivity index (χ0n) is 8.52. The van der Waals surface area contributed by atoms with Crippen LogP contribution >= 0.6 is 11.6 Å². The van der Waals surface area contributed by atoms with E-state index in [1.54, 1.807) is 0 Å². The number of piperidine rings is 1. The summed E-state index contributed by atoms with van der Waals surface area (Å²) in [5.41, 5.74) is 2.65. The summed E-state index contributed by atoms with van der Waals surface area (Å²) in [4.78, 5) is 0. The van der Waals surface area contributed by atoms with E-state index >= 15 is 0 Å². The molecule has 1 aliphatic heterocycles. The van der Waals surface area contributed by atoms with Crippen LogP contribution in [-0.2, 0) is 0 Å². The molecule has 0 spiro atoms. The monoisotopic (exact) mass is 209 g/mol. The van der Waals surface area contributed by atoms with Crippen LogP contribution in [0.4, 0.5) is 0 Å². The van der Waals surface area contributed by atoms with Gasteiger partial charge in [-0.05, 0) is 55.5 Å². The van der Waals surface area contributed by atoms with E-state index in [0.29, 0.717) is 5.92 Å². The first kappa shape index (κ1) is 10.0. The van der Waals surface area contributed by atoms with Gasteiger partial charge < -0.3 is 5.32 Å². The van der Waals surface area contributed by atoms with Crippen molar-refractivity contribution >= 4 is 11.6 Å². The second kappa shape index (κ2) is 4.33. The van der Waals surface area contributed by atoms with Crippen molar-refractivity contribution in [2.45, 2.75) is 25.7 Å². The molecule has 1 aromatic carbocycles. The molecule has 1 saturated heterocycles. The third-order valence-corrected chi connectivity index (χ3v) is 3.05. The lowest BCUT2D eigenvalue weighted by molar-refractivity contribution is 0.461. The predicted molar refractivity (Wildman–Crippen MR) is 61.0 cm³/mol. The lowest BCUT2D eigenvalue weighted by Gasteiger charge is -2.23. The molecule has 14 heavy (non-hydrogen) atoms. The number of halogens is 1. The first-order valence-corrected chi connectivity index (χ1v) is 5.61. The molecular formula is C12H16ClN. The van der Waals surface area contributed by atoms with Crippen LogP contribution in [0.25, 0.3) is 0 Å². The minimum absolute atomic E-state index is 0.654. The number of aryl methyl sites for hydroxylation is 1. The minimum atomic E-state index is 0.654. The third kappa shape index (κ3) is 2.28. The maximum Gasteiger partial charge on any atom is 0.0411 e. The van der Waals surface area contributed by atoms with Crippen LogP contribution in [0.5, 0.6) is 0 Å². The van der Waals surface area contributed by atoms with Crippen molar-refractivity contribution in [3.8, 4) is 0 Å². The van der Waals surface area contributed by atoms with Gasteiger partial charge in [0.1, 0.15) is 0 Å². The largest absolute Gasteiger partial charge is 0.316 e. The Labute approximate surface area is 90.5 Å². The molecule has 1 fully saturated rings. The summed E-state index contributed by atoms with van der Waals surface area (Å²) in [5, 5.41) is 4.30. The Morgan fingerprint density at radius 2 is 2.21 bits per heavy atom. The van der Waals surface area contributed by atoms with Gasteiger partial charge in [0.15, 0.2) is 0 Å². The smallest absolute Gasteiger partial charge is 0.0411 e. The van der Waals surface area contributed by atoms with Crippen molar-refractivity contribution in [2.75, 3.05) is 13.1 Å². The van der Waals surface area contributed by atoms with E-state index in [9.17, 15) is 0 Å². The molecule has 0 saturated carbocycles. The van der Waals surface area contributed by atoms with E-state index in [4.69, 9.17) is 11.6 Å². The van der Waals surface area contributed by atoms with E-state index < -0.39 is 0 Å². The van der Waals surface area contributed by atoms with Gasteiger partial charge in [0, 0.05) is 11.6 Å². The Bertz CT molecular complexity index is 296. The predicted octanol–water partition coefficient (Wildman–Crippen LogP) is 3.12. The Kier molecular flexibility index (Phi) is 3.09. The van der Waals surface area contributed by atoms with Crippen LogP contribution in [0.2, 0.25) is 5.02 Å². The molecule has 0 radical (unpaired) electrons. The van der Waals surface area contributed by atoms with E-state index in [1.807, 2.05) is 6.07 Å². The molecule has 1 nitrogen and oxygen atoms in total. The Morgan fingerprint density at radius 3 is 2.86 bits per heavy atom. The van der Waals surface area contributed by atoms with Crippen molar-refractivity contribution in [3.63, 3.8) is 0 Å². The van der Waals surface area contributed by atoms with Crippen LogP contribution in [0.3, 0.4) is 0 Å². The zero-order chi connectivity index (χ0) is 9.97. The molecule has 2 rings (SSSR count). The molecule has 2 heteroatoms. The first-order chi connectivity index (χ1) is 6.75. The Balaban J connectivity index is 2.21. The number of nitrogens with one attached hydrogen (secondary N) is 1. The molecule has 1 atom stereocenters. The average Bonchev–Trinajstić information content (AvgIpc) is 2.18. The van der Waals surface area contributed by atoms with E-state index in [1.165, 1.54) is 24.0 Å². The molecule has 0 aliphatic carbocycles. The van der Waals surface area contributed by atoms with E-state index in [2.05, 4.69) is 24.4 Å². The summed E-state index contributed by atoms with van der Waals surface area (Å²) in [5.74, 6) is 0.654. The van der Waals surface area contributed by atoms with Crippen molar-refractivity contribution in [1.29, 1.82) is 0 Å². The normalized spacial score (nSPS) is 22.3. The average molecular weight is 210 g/mol. The van der Waals surface area contributed by atoms with Crippen LogP contribution in [0.1, 0.15) is 29.9 Å². The summed E-state index contributed by atoms with van der Waals surface area (Å²) in [7, 11) is 0. The van der Waals surface area contributed by atoms with Gasteiger partial charge in [0.25, 0.3) is 0 Å². The van der Waals surface area contributed by atoms with Crippen molar-refractivity contribution < 1.29 is 0 Å². The summed E-state index contributed by atoms with van der Waals surface area (Å²) in [6, 6.07) is 6.37. The number of benzene rings is 1. The number of hydrogen-bond donors (Lipinski definition) is 1. The van der Waals surface area contributed by atoms with Gasteiger partial charge >= 0.3 is 0 Å². The summed E-state index contributed by atoms with van der Waals surface area (Å²) < 4.78 is 0. The topological polar surface area (TPSA) is 12.0 Å². The molecule has 0 bridgehead atoms. The van der Waals surface area contributed by atoms with Gasteiger partial charge in [0.2, 0.25) is 0 Å². The van der Waals surface area contributed by atoms with Gasteiger partial charge in [-0.15, -0.1) is 0 Å². The highest BCUT2D eigenvalue weighted by Crippen LogP contribution is 2.26. The molecule has 1 heterocycles. The van der Waals surface area contributed by atoms with Gasteiger partial charge in [-0.1, -0.05) is 17.7 Å². The molecule has 1 N–H and O–H groups in total. The molecule has 0 amide bonds. The van der Waals surface area contributed by atoms with Crippen molar-refractivity contribution in [2.24, 2.45) is 0 Å². The van der Waals surface area contributed by atoms with Gasteiger partial charge in [0.05, 0.1) is 0 Å². The summed E-state index contributed by atoms with van der Waals surface area (Å²) in [6.45, 7) is 4.36. The Hall–Kier alpha value is -0.530. The zero-order valence-corrected chi connectivity index (χ0v) is 9.27. The van der Waals surface area contributed by atoms with Crippen LogP contribution in [-0.4, -0.2) is 13.1 Å². The highest BCUT2D eigenvalue weighted by molar-refractivity contribution is 6.30. The fourth-order valence-corrected chi connectivity index (χ4v) is 2.43. The second-order valence-corrected chi connectivity index (χ2v) is 4.54. The standard InChI is InChI=1S/C12H16ClN/c1-9-5-11(7-12(13)6-9)10-3-2-4-14-8-10/h5-7,10,14H,2-4,8H2,1H3/t10-/m0/s1. The lowest BCUT2D eigenvalue weighted by Crippen LogP contribution is -2.28. The molecule has 0 unspecified atom stereocenters. The number of rotatable bonds is 1. The fraction of sp³-hybridized carbons (Fsp3) is 0.500. The van der Waals surface area contributed by atoms with Crippen molar-refractivity contribution in [1.82, 2.24) is 5.32 Å². The van der Waals surface area contributed by atoms with Crippen LogP contribution < -0.4 is 5.32 Å².